The van der Waals surface area contributed by atoms with E-state index in [2.05, 4.69) is 10.6 Å². The van der Waals surface area contributed by atoms with Crippen molar-refractivity contribution in [2.45, 2.75) is 51.5 Å². The molecule has 7 heteroatoms. The number of carboxylic acids is 1. The Morgan fingerprint density at radius 1 is 1.23 bits per heavy atom. The maximum Gasteiger partial charge on any atom is 0.337 e. The zero-order valence-corrected chi connectivity index (χ0v) is 15.2. The number of rotatable bonds is 7. The van der Waals surface area contributed by atoms with E-state index in [9.17, 15) is 19.5 Å². The lowest BCUT2D eigenvalue weighted by Gasteiger charge is -2.22. The first-order valence-electron chi connectivity index (χ1n) is 8.92. The van der Waals surface area contributed by atoms with Gasteiger partial charge < -0.3 is 20.5 Å². The highest BCUT2D eigenvalue weighted by atomic mass is 16.5. The Kier molecular flexibility index (Phi) is 7.00. The smallest absolute Gasteiger partial charge is 0.337 e. The molecular formula is C19H26N2O5. The fraction of sp³-hybridized carbons (Fsp3) is 0.526. The Hall–Kier alpha value is -2.57. The monoisotopic (exact) mass is 362 g/mol. The first kappa shape index (κ1) is 19.8. The lowest BCUT2D eigenvalue weighted by molar-refractivity contribution is -0.127. The van der Waals surface area contributed by atoms with Gasteiger partial charge in [-0.05, 0) is 43.9 Å². The summed E-state index contributed by atoms with van der Waals surface area (Å²) in [7, 11) is 1.43. The first-order valence-corrected chi connectivity index (χ1v) is 8.92. The van der Waals surface area contributed by atoms with Crippen LogP contribution in [0.5, 0.6) is 5.75 Å². The van der Waals surface area contributed by atoms with Gasteiger partial charge in [0, 0.05) is 6.42 Å². The number of carbonyl (C=O) groups is 3. The fourth-order valence-corrected chi connectivity index (χ4v) is 3.20. The van der Waals surface area contributed by atoms with Gasteiger partial charge in [-0.2, -0.15) is 0 Å². The Bertz CT molecular complexity index is 668. The minimum absolute atomic E-state index is 0.0709. The van der Waals surface area contributed by atoms with Crippen LogP contribution in [0, 0.1) is 5.92 Å². The molecule has 0 saturated heterocycles. The summed E-state index contributed by atoms with van der Waals surface area (Å²) in [4.78, 5) is 35.8. The highest BCUT2D eigenvalue weighted by molar-refractivity contribution is 6.03. The molecule has 1 aliphatic carbocycles. The molecule has 0 aromatic heterocycles. The maximum atomic E-state index is 12.3. The molecule has 142 valence electrons. The summed E-state index contributed by atoms with van der Waals surface area (Å²) < 4.78 is 5.00. The number of carboxylic acid groups (broad SMARTS) is 1. The van der Waals surface area contributed by atoms with Gasteiger partial charge in [-0.25, -0.2) is 4.79 Å². The first-order chi connectivity index (χ1) is 12.4. The normalized spacial score (nSPS) is 15.8. The van der Waals surface area contributed by atoms with E-state index in [1.54, 1.807) is 13.0 Å². The van der Waals surface area contributed by atoms with Crippen molar-refractivity contribution >= 4 is 23.5 Å². The summed E-state index contributed by atoms with van der Waals surface area (Å²) in [6, 6.07) is 3.62. The molecule has 0 heterocycles. The Morgan fingerprint density at radius 2 is 1.92 bits per heavy atom. The quantitative estimate of drug-likeness (QED) is 0.692. The molecule has 1 aromatic rings. The number of aromatic carboxylic acids is 1. The second kappa shape index (κ2) is 9.22. The SMILES string of the molecule is COc1ccc(NC(=O)C(C)NC(=O)CC2CCCCC2)c(C(=O)O)c1. The van der Waals surface area contributed by atoms with Crippen molar-refractivity contribution in [3.63, 3.8) is 0 Å². The van der Waals surface area contributed by atoms with Crippen molar-refractivity contribution in [1.82, 2.24) is 5.32 Å². The summed E-state index contributed by atoms with van der Waals surface area (Å²) in [5.41, 5.74) is 0.0927. The van der Waals surface area contributed by atoms with E-state index < -0.39 is 17.9 Å². The second-order valence-corrected chi connectivity index (χ2v) is 6.70. The van der Waals surface area contributed by atoms with Crippen LogP contribution in [0.1, 0.15) is 55.8 Å². The van der Waals surface area contributed by atoms with Crippen LogP contribution in [-0.2, 0) is 9.59 Å². The number of ether oxygens (including phenoxy) is 1. The molecule has 0 aliphatic heterocycles. The van der Waals surface area contributed by atoms with E-state index in [4.69, 9.17) is 4.74 Å². The zero-order valence-electron chi connectivity index (χ0n) is 15.2. The van der Waals surface area contributed by atoms with Gasteiger partial charge >= 0.3 is 5.97 Å². The van der Waals surface area contributed by atoms with E-state index in [0.29, 0.717) is 18.1 Å². The van der Waals surface area contributed by atoms with Gasteiger partial charge in [0.2, 0.25) is 11.8 Å². The van der Waals surface area contributed by atoms with Crippen LogP contribution in [0.2, 0.25) is 0 Å². The average molecular weight is 362 g/mol. The van der Waals surface area contributed by atoms with Crippen molar-refractivity contribution < 1.29 is 24.2 Å². The Balaban J connectivity index is 1.94. The van der Waals surface area contributed by atoms with Crippen molar-refractivity contribution in [3.8, 4) is 5.75 Å². The number of nitrogens with one attached hydrogen (secondary N) is 2. The second-order valence-electron chi connectivity index (χ2n) is 6.70. The lowest BCUT2D eigenvalue weighted by atomic mass is 9.87. The van der Waals surface area contributed by atoms with E-state index in [-0.39, 0.29) is 17.2 Å². The lowest BCUT2D eigenvalue weighted by Crippen LogP contribution is -2.42. The molecule has 0 bridgehead atoms. The molecule has 1 aliphatic rings. The number of hydrogen-bond donors (Lipinski definition) is 3. The molecule has 1 atom stereocenters. The largest absolute Gasteiger partial charge is 0.497 e. The summed E-state index contributed by atoms with van der Waals surface area (Å²) in [6.07, 6.45) is 6.09. The molecule has 0 spiro atoms. The van der Waals surface area contributed by atoms with E-state index in [1.165, 1.54) is 25.7 Å². The molecule has 1 aromatic carbocycles. The van der Waals surface area contributed by atoms with Gasteiger partial charge in [0.05, 0.1) is 18.4 Å². The topological polar surface area (TPSA) is 105 Å². The highest BCUT2D eigenvalue weighted by Gasteiger charge is 2.22. The van der Waals surface area contributed by atoms with E-state index in [1.807, 2.05) is 0 Å². The number of methoxy groups -OCH3 is 1. The number of carbonyl (C=O) groups excluding carboxylic acids is 2. The van der Waals surface area contributed by atoms with E-state index >= 15 is 0 Å². The standard InChI is InChI=1S/C19H26N2O5/c1-12(20-17(22)10-13-6-4-3-5-7-13)18(23)21-16-9-8-14(26-2)11-15(16)19(24)25/h8-9,11-13H,3-7,10H2,1-2H3,(H,20,22)(H,21,23)(H,24,25). The van der Waals surface area contributed by atoms with Gasteiger partial charge in [0.15, 0.2) is 0 Å². The number of hydrogen-bond acceptors (Lipinski definition) is 4. The average Bonchev–Trinajstić information content (AvgIpc) is 2.62. The van der Waals surface area contributed by atoms with Crippen LogP contribution in [0.15, 0.2) is 18.2 Å². The highest BCUT2D eigenvalue weighted by Crippen LogP contribution is 2.26. The molecule has 1 unspecified atom stereocenters. The van der Waals surface area contributed by atoms with Crippen molar-refractivity contribution in [2.24, 2.45) is 5.92 Å². The van der Waals surface area contributed by atoms with Crippen LogP contribution < -0.4 is 15.4 Å². The van der Waals surface area contributed by atoms with Gasteiger partial charge in [0.25, 0.3) is 0 Å². The summed E-state index contributed by atoms with van der Waals surface area (Å²) in [5.74, 6) is -1.01. The fourth-order valence-electron chi connectivity index (χ4n) is 3.20. The minimum Gasteiger partial charge on any atom is -0.497 e. The number of anilines is 1. The summed E-state index contributed by atoms with van der Waals surface area (Å²) in [6.45, 7) is 1.58. The predicted octanol–water partition coefficient (Wildman–Crippen LogP) is 2.81. The third-order valence-corrected chi connectivity index (χ3v) is 4.68. The maximum absolute atomic E-state index is 12.3. The molecule has 2 amide bonds. The Labute approximate surface area is 153 Å². The molecule has 7 nitrogen and oxygen atoms in total. The summed E-state index contributed by atoms with van der Waals surface area (Å²) >= 11 is 0. The van der Waals surface area contributed by atoms with Gasteiger partial charge in [-0.1, -0.05) is 19.3 Å². The van der Waals surface area contributed by atoms with Gasteiger partial charge in [0.1, 0.15) is 11.8 Å². The molecule has 0 radical (unpaired) electrons. The van der Waals surface area contributed by atoms with Crippen molar-refractivity contribution in [3.05, 3.63) is 23.8 Å². The van der Waals surface area contributed by atoms with Crippen molar-refractivity contribution in [1.29, 1.82) is 0 Å². The third-order valence-electron chi connectivity index (χ3n) is 4.68. The molecule has 2 rings (SSSR count). The van der Waals surface area contributed by atoms with Crippen LogP contribution in [0.4, 0.5) is 5.69 Å². The summed E-state index contributed by atoms with van der Waals surface area (Å²) in [5, 5.41) is 14.5. The number of amides is 2. The van der Waals surface area contributed by atoms with Gasteiger partial charge in [-0.3, -0.25) is 9.59 Å². The molecule has 1 saturated carbocycles. The van der Waals surface area contributed by atoms with Crippen LogP contribution >= 0.6 is 0 Å². The minimum atomic E-state index is -1.17. The molecule has 3 N–H and O–H groups in total. The van der Waals surface area contributed by atoms with Crippen LogP contribution in [0.25, 0.3) is 0 Å². The van der Waals surface area contributed by atoms with E-state index in [0.717, 1.165) is 25.7 Å². The van der Waals surface area contributed by atoms with Crippen LogP contribution in [-0.4, -0.2) is 36.0 Å². The number of benzene rings is 1. The Morgan fingerprint density at radius 3 is 2.54 bits per heavy atom. The van der Waals surface area contributed by atoms with Crippen LogP contribution in [0.3, 0.4) is 0 Å². The predicted molar refractivity (Wildman–Crippen MR) is 97.4 cm³/mol. The zero-order chi connectivity index (χ0) is 19.1. The molecule has 1 fully saturated rings. The third kappa shape index (κ3) is 5.47. The van der Waals surface area contributed by atoms with Gasteiger partial charge in [-0.15, -0.1) is 0 Å². The van der Waals surface area contributed by atoms with Crippen molar-refractivity contribution in [2.75, 3.05) is 12.4 Å². The molecular weight excluding hydrogens is 336 g/mol. The molecule has 26 heavy (non-hydrogen) atoms.